The Kier molecular flexibility index (Phi) is 112. The standard InChI is InChI=1S/2O.Pb.Ti.Zr. The van der Waals surface area contributed by atoms with E-state index in [9.17, 15) is 0 Å². The molecule has 0 bridgehead atoms. The third-order valence-electron chi connectivity index (χ3n) is 0. The Morgan fingerprint density at radius 1 is 1.20 bits per heavy atom. The fraction of sp³-hybridized carbons (Fsp3) is 0. The van der Waals surface area contributed by atoms with Gasteiger partial charge in [0.2, 0.25) is 0 Å². The average molecular weight is 378 g/mol. The van der Waals surface area contributed by atoms with Crippen LogP contribution in [-0.2, 0) is 51.9 Å². The van der Waals surface area contributed by atoms with E-state index in [1.54, 1.807) is 0 Å². The van der Waals surface area contributed by atoms with Gasteiger partial charge < -0.3 is 0 Å². The van der Waals surface area contributed by atoms with Gasteiger partial charge in [-0.15, -0.1) is 0 Å². The second kappa shape index (κ2) is 35.7. The molecule has 0 aromatic heterocycles. The summed E-state index contributed by atoms with van der Waals surface area (Å²) >= 11 is 0.356. The van der Waals surface area contributed by atoms with Gasteiger partial charge >= 0.3 is 56.0 Å². The molecule has 0 rings (SSSR count). The molecular formula is O2PbTiZr. The normalized spacial score (nSPS) is 1.40. The summed E-state index contributed by atoms with van der Waals surface area (Å²) in [7, 11) is 0. The van der Waals surface area contributed by atoms with Gasteiger partial charge in [0.1, 0.15) is 0 Å². The summed E-state index contributed by atoms with van der Waals surface area (Å²) in [4.78, 5) is 0. The van der Waals surface area contributed by atoms with Crippen LogP contribution in [-0.4, -0.2) is 25.8 Å². The second-order valence-electron chi connectivity index (χ2n) is 0. The van der Waals surface area contributed by atoms with E-state index in [-0.39, 0.29) is 47.5 Å². The van der Waals surface area contributed by atoms with Crippen LogP contribution in [0.3, 0.4) is 0 Å². The molecule has 0 N–H and O–H groups in total. The molecule has 24 valence electrons. The first-order valence-corrected chi connectivity index (χ1v) is 3.00. The van der Waals surface area contributed by atoms with Crippen molar-refractivity contribution in [2.45, 2.75) is 0 Å². The van der Waals surface area contributed by atoms with E-state index < -0.39 is 0 Å². The molecule has 2 radical (unpaired) electrons. The van der Waals surface area contributed by atoms with Gasteiger partial charge in [-0.25, -0.2) is 0 Å². The van der Waals surface area contributed by atoms with Crippen molar-refractivity contribution in [2.24, 2.45) is 0 Å². The maximum absolute atomic E-state index is 8.39. The minimum Gasteiger partial charge on any atom is 0 e. The van der Waals surface area contributed by atoms with Gasteiger partial charge in [-0.2, -0.15) is 0 Å². The molecule has 0 aromatic rings. The van der Waals surface area contributed by atoms with Crippen LogP contribution in [0.5, 0.6) is 0 Å². The van der Waals surface area contributed by atoms with E-state index in [4.69, 9.17) is 5.50 Å². The first-order valence-electron chi connectivity index (χ1n) is 0.408. The molecule has 0 atom stereocenters. The van der Waals surface area contributed by atoms with Crippen LogP contribution >= 0.6 is 0 Å². The van der Waals surface area contributed by atoms with Crippen LogP contribution < -0.4 is 0 Å². The molecule has 0 aliphatic rings. The van der Waals surface area contributed by atoms with Crippen molar-refractivity contribution in [1.29, 1.82) is 0 Å². The molecule has 5 heavy (non-hydrogen) atoms. The molecule has 0 saturated heterocycles. The summed E-state index contributed by atoms with van der Waals surface area (Å²) in [5, 5.41) is 0. The van der Waals surface area contributed by atoms with Gasteiger partial charge in [-0.05, 0) is 0 Å². The Balaban J connectivity index is -0.0000000133. The third kappa shape index (κ3) is 23.1. The average Bonchev–Trinajstić information content (AvgIpc) is 1.50. The van der Waals surface area contributed by atoms with Crippen molar-refractivity contribution >= 4 is 25.8 Å². The summed E-state index contributed by atoms with van der Waals surface area (Å²) in [6.45, 7) is 0. The van der Waals surface area contributed by atoms with Gasteiger partial charge in [0.25, 0.3) is 0 Å². The monoisotopic (exact) mass is 378 g/mol. The minimum absolute atomic E-state index is 0. The van der Waals surface area contributed by atoms with Crippen LogP contribution in [0.2, 0.25) is 0 Å². The molecule has 0 spiro atoms. The molecular weight excluding hydrogens is 378 g/mol. The van der Waals surface area contributed by atoms with Crippen molar-refractivity contribution < 1.29 is 51.9 Å². The van der Waals surface area contributed by atoms with Crippen molar-refractivity contribution in [3.05, 3.63) is 0 Å². The summed E-state index contributed by atoms with van der Waals surface area (Å²) in [5.74, 6) is 0. The van der Waals surface area contributed by atoms with Crippen molar-refractivity contribution in [3.63, 3.8) is 0 Å². The van der Waals surface area contributed by atoms with Gasteiger partial charge in [0, 0.05) is 21.7 Å². The molecule has 0 aliphatic carbocycles. The molecule has 0 heterocycles. The zero-order chi connectivity index (χ0) is 4.00. The largest absolute Gasteiger partial charge is 0 e. The summed E-state index contributed by atoms with van der Waals surface area (Å²) in [5.41, 5.74) is 0. The molecule has 5 heteroatoms. The zero-order valence-electron chi connectivity index (χ0n) is 2.32. The molecule has 0 unspecified atom stereocenters. The number of rotatable bonds is 0. The Morgan fingerprint density at radius 3 is 1.20 bits per heavy atom. The fourth-order valence-corrected chi connectivity index (χ4v) is 0. The first kappa shape index (κ1) is 15.7. The Morgan fingerprint density at radius 2 is 1.20 bits per heavy atom. The molecule has 0 aromatic carbocycles. The summed E-state index contributed by atoms with van der Waals surface area (Å²) in [6.07, 6.45) is 0. The van der Waals surface area contributed by atoms with Crippen molar-refractivity contribution in [1.82, 2.24) is 0 Å². The topological polar surface area (TPSA) is 34.1 Å². The van der Waals surface area contributed by atoms with Crippen molar-refractivity contribution in [2.75, 3.05) is 0 Å². The summed E-state index contributed by atoms with van der Waals surface area (Å²) in [6, 6.07) is 0. The molecule has 0 saturated carbocycles. The van der Waals surface area contributed by atoms with Crippen LogP contribution in [0.1, 0.15) is 0 Å². The second-order valence-corrected chi connectivity index (χ2v) is 0. The maximum atomic E-state index is 8.39. The van der Waals surface area contributed by atoms with E-state index in [2.05, 4.69) is 0 Å². The van der Waals surface area contributed by atoms with Crippen molar-refractivity contribution in [3.8, 4) is 0 Å². The maximum Gasteiger partial charge on any atom is 0 e. The van der Waals surface area contributed by atoms with E-state index in [1.165, 1.54) is 0 Å². The molecule has 0 aliphatic heterocycles. The van der Waals surface area contributed by atoms with E-state index in [0.29, 0.717) is 24.7 Å². The van der Waals surface area contributed by atoms with Crippen LogP contribution in [0.4, 0.5) is 0 Å². The fourth-order valence-electron chi connectivity index (χ4n) is 0. The molecule has 2 nitrogen and oxygen atoms in total. The van der Waals surface area contributed by atoms with Crippen LogP contribution in [0.25, 0.3) is 0 Å². The zero-order valence-corrected chi connectivity index (χ0v) is 10.2. The van der Waals surface area contributed by atoms with Gasteiger partial charge in [0.15, 0.2) is 0 Å². The van der Waals surface area contributed by atoms with Gasteiger partial charge in [-0.3, -0.25) is 0 Å². The predicted octanol–water partition coefficient (Wildman–Crippen LogP) is -0.623. The molecule has 0 amide bonds. The minimum atomic E-state index is 0. The van der Waals surface area contributed by atoms with E-state index >= 15 is 0 Å². The smallest absolute Gasteiger partial charge is 0 e. The first-order chi connectivity index (χ1) is 2.00. The number of hydrogen-bond donors (Lipinski definition) is 0. The summed E-state index contributed by atoms with van der Waals surface area (Å²) < 4.78 is 16.7. The number of hydrogen-bond acceptors (Lipinski definition) is 2. The predicted molar refractivity (Wildman–Crippen MR) is 7.13 cm³/mol. The Bertz CT molecular complexity index is 11.6. The van der Waals surface area contributed by atoms with Gasteiger partial charge in [-0.1, -0.05) is 0 Å². The molecule has 0 fully saturated rings. The van der Waals surface area contributed by atoms with E-state index in [1.807, 2.05) is 0 Å². The van der Waals surface area contributed by atoms with Gasteiger partial charge in [0.05, 0.1) is 0 Å². The SMILES string of the molecule is [O]=[Pb].[O]=[Zr].[Ti]. The van der Waals surface area contributed by atoms with Crippen LogP contribution in [0, 0.1) is 0 Å². The third-order valence-corrected chi connectivity index (χ3v) is 0. The quantitative estimate of drug-likeness (QED) is 0.527. The van der Waals surface area contributed by atoms with Crippen LogP contribution in [0.15, 0.2) is 0 Å². The van der Waals surface area contributed by atoms with E-state index in [0.717, 1.165) is 0 Å². The Labute approximate surface area is 76.4 Å². The Hall–Kier alpha value is 2.12.